The van der Waals surface area contributed by atoms with E-state index in [1.165, 1.54) is 0 Å². The van der Waals surface area contributed by atoms with Gasteiger partial charge in [-0.3, -0.25) is 0 Å². The minimum atomic E-state index is -3.43. The van der Waals surface area contributed by atoms with Crippen LogP contribution in [0.3, 0.4) is 0 Å². The molecule has 0 aromatic heterocycles. The largest absolute Gasteiger partial charge is 0.376 e. The third-order valence-corrected chi connectivity index (χ3v) is 4.11. The summed E-state index contributed by atoms with van der Waals surface area (Å²) in [5, 5.41) is 5.08. The van der Waals surface area contributed by atoms with Gasteiger partial charge in [0.15, 0.2) is 0 Å². The molecule has 6 heteroatoms. The van der Waals surface area contributed by atoms with E-state index in [2.05, 4.69) is 15.9 Å². The number of hydrogen-bond acceptors (Lipinski definition) is 3. The predicted molar refractivity (Wildman–Crippen MR) is 80.2 cm³/mol. The van der Waals surface area contributed by atoms with Crippen LogP contribution in [0.15, 0.2) is 28.7 Å². The maximum Gasteiger partial charge on any atom is 0.209 e. The van der Waals surface area contributed by atoms with E-state index in [4.69, 9.17) is 9.88 Å². The van der Waals surface area contributed by atoms with Crippen molar-refractivity contribution in [1.29, 1.82) is 0 Å². The molecule has 1 aromatic carbocycles. The fraction of sp³-hybridized carbons (Fsp3) is 0.538. The molecule has 4 nitrogen and oxygen atoms in total. The molecule has 1 unspecified atom stereocenters. The van der Waals surface area contributed by atoms with Crippen molar-refractivity contribution in [1.82, 2.24) is 0 Å². The second kappa shape index (κ2) is 7.99. The van der Waals surface area contributed by atoms with Crippen molar-refractivity contribution in [3.8, 4) is 0 Å². The van der Waals surface area contributed by atoms with E-state index in [-0.39, 0.29) is 11.7 Å². The van der Waals surface area contributed by atoms with Gasteiger partial charge in [-0.1, -0.05) is 41.4 Å². The zero-order valence-electron chi connectivity index (χ0n) is 11.0. The molecule has 1 rings (SSSR count). The molecule has 19 heavy (non-hydrogen) atoms. The molecule has 0 bridgehead atoms. The highest BCUT2D eigenvalue weighted by atomic mass is 79.9. The normalized spacial score (nSPS) is 13.4. The summed E-state index contributed by atoms with van der Waals surface area (Å²) < 4.78 is 28.8. The van der Waals surface area contributed by atoms with Crippen LogP contribution in [0.4, 0.5) is 0 Å². The minimum absolute atomic E-state index is 0.0146. The lowest BCUT2D eigenvalue weighted by Gasteiger charge is -2.15. The van der Waals surface area contributed by atoms with Gasteiger partial charge in [0, 0.05) is 4.47 Å². The average molecular weight is 350 g/mol. The first-order valence-corrected chi connectivity index (χ1v) is 8.74. The monoisotopic (exact) mass is 349 g/mol. The smallest absolute Gasteiger partial charge is 0.209 e. The molecule has 0 fully saturated rings. The summed E-state index contributed by atoms with van der Waals surface area (Å²) in [6.07, 6.45) is 1.72. The van der Waals surface area contributed by atoms with Crippen LogP contribution < -0.4 is 5.14 Å². The SMILES string of the molecule is CCCC(COCc1cccc(Br)c1)CS(N)(=O)=O. The number of halogens is 1. The van der Waals surface area contributed by atoms with E-state index in [1.807, 2.05) is 31.2 Å². The van der Waals surface area contributed by atoms with E-state index >= 15 is 0 Å². The van der Waals surface area contributed by atoms with Crippen LogP contribution in [0, 0.1) is 5.92 Å². The maximum absolute atomic E-state index is 11.1. The molecular formula is C13H20BrNO3S. The van der Waals surface area contributed by atoms with Crippen LogP contribution in [-0.2, 0) is 21.4 Å². The number of rotatable bonds is 8. The van der Waals surface area contributed by atoms with Gasteiger partial charge >= 0.3 is 0 Å². The first kappa shape index (κ1) is 16.6. The number of ether oxygens (including phenoxy) is 1. The van der Waals surface area contributed by atoms with Gasteiger partial charge in [0.05, 0.1) is 19.0 Å². The summed E-state index contributed by atoms with van der Waals surface area (Å²) in [5.74, 6) is -0.0496. The average Bonchev–Trinajstić information content (AvgIpc) is 2.27. The summed E-state index contributed by atoms with van der Waals surface area (Å²) in [4.78, 5) is 0. The summed E-state index contributed by atoms with van der Waals surface area (Å²) in [5.41, 5.74) is 1.06. The Morgan fingerprint density at radius 2 is 2.16 bits per heavy atom. The highest BCUT2D eigenvalue weighted by molar-refractivity contribution is 9.10. The Hall–Kier alpha value is -0.430. The Kier molecular flexibility index (Phi) is 6.99. The van der Waals surface area contributed by atoms with Gasteiger partial charge in [-0.05, 0) is 30.0 Å². The molecule has 0 saturated heterocycles. The van der Waals surface area contributed by atoms with Gasteiger partial charge in [-0.25, -0.2) is 13.6 Å². The number of primary sulfonamides is 1. The first-order valence-electron chi connectivity index (χ1n) is 6.23. The second-order valence-corrected chi connectivity index (χ2v) is 7.20. The van der Waals surface area contributed by atoms with Crippen LogP contribution in [0.2, 0.25) is 0 Å². The zero-order chi connectivity index (χ0) is 14.3. The fourth-order valence-electron chi connectivity index (χ4n) is 1.92. The molecule has 108 valence electrons. The van der Waals surface area contributed by atoms with Gasteiger partial charge in [-0.15, -0.1) is 0 Å². The summed E-state index contributed by atoms with van der Waals surface area (Å²) in [6, 6.07) is 7.84. The molecule has 2 N–H and O–H groups in total. The second-order valence-electron chi connectivity index (χ2n) is 4.63. The zero-order valence-corrected chi connectivity index (χ0v) is 13.4. The van der Waals surface area contributed by atoms with Crippen molar-refractivity contribution in [2.75, 3.05) is 12.4 Å². The Bertz CT molecular complexity index is 490. The van der Waals surface area contributed by atoms with Crippen molar-refractivity contribution >= 4 is 26.0 Å². The molecule has 0 spiro atoms. The van der Waals surface area contributed by atoms with Crippen molar-refractivity contribution in [2.24, 2.45) is 11.1 Å². The van der Waals surface area contributed by atoms with Crippen molar-refractivity contribution in [2.45, 2.75) is 26.4 Å². The quantitative estimate of drug-likeness (QED) is 0.784. The summed E-state index contributed by atoms with van der Waals surface area (Å²) in [6.45, 7) is 2.91. The van der Waals surface area contributed by atoms with Crippen LogP contribution in [0.25, 0.3) is 0 Å². The highest BCUT2D eigenvalue weighted by Crippen LogP contribution is 2.14. The van der Waals surface area contributed by atoms with E-state index in [1.54, 1.807) is 0 Å². The number of benzene rings is 1. The lowest BCUT2D eigenvalue weighted by molar-refractivity contribution is 0.0901. The first-order chi connectivity index (χ1) is 8.90. The molecular weight excluding hydrogens is 330 g/mol. The number of nitrogens with two attached hydrogens (primary N) is 1. The fourth-order valence-corrected chi connectivity index (χ4v) is 3.29. The third kappa shape index (κ3) is 7.67. The predicted octanol–water partition coefficient (Wildman–Crippen LogP) is 2.67. The summed E-state index contributed by atoms with van der Waals surface area (Å²) >= 11 is 3.40. The Morgan fingerprint density at radius 3 is 2.74 bits per heavy atom. The molecule has 1 atom stereocenters. The van der Waals surface area contributed by atoms with Crippen LogP contribution >= 0.6 is 15.9 Å². The molecule has 0 radical (unpaired) electrons. The topological polar surface area (TPSA) is 69.4 Å². The summed E-state index contributed by atoms with van der Waals surface area (Å²) in [7, 11) is -3.43. The molecule has 0 amide bonds. The van der Waals surface area contributed by atoms with Gasteiger partial charge in [0.2, 0.25) is 10.0 Å². The van der Waals surface area contributed by atoms with Crippen LogP contribution in [0.5, 0.6) is 0 Å². The molecule has 0 aliphatic carbocycles. The molecule has 0 saturated carbocycles. The third-order valence-electron chi connectivity index (χ3n) is 2.68. The lowest BCUT2D eigenvalue weighted by atomic mass is 10.1. The lowest BCUT2D eigenvalue weighted by Crippen LogP contribution is -2.26. The van der Waals surface area contributed by atoms with E-state index in [9.17, 15) is 8.42 Å². The van der Waals surface area contributed by atoms with Crippen molar-refractivity contribution < 1.29 is 13.2 Å². The highest BCUT2D eigenvalue weighted by Gasteiger charge is 2.15. The van der Waals surface area contributed by atoms with Crippen LogP contribution in [0.1, 0.15) is 25.3 Å². The Balaban J connectivity index is 2.44. The van der Waals surface area contributed by atoms with Crippen LogP contribution in [-0.4, -0.2) is 20.8 Å². The van der Waals surface area contributed by atoms with Gasteiger partial charge < -0.3 is 4.74 Å². The van der Waals surface area contributed by atoms with E-state index in [0.717, 1.165) is 22.9 Å². The van der Waals surface area contributed by atoms with Gasteiger partial charge in [0.1, 0.15) is 0 Å². The molecule has 0 aliphatic heterocycles. The van der Waals surface area contributed by atoms with Crippen molar-refractivity contribution in [3.05, 3.63) is 34.3 Å². The van der Waals surface area contributed by atoms with Crippen molar-refractivity contribution in [3.63, 3.8) is 0 Å². The van der Waals surface area contributed by atoms with Gasteiger partial charge in [0.25, 0.3) is 0 Å². The maximum atomic E-state index is 11.1. The molecule has 1 aromatic rings. The standard InChI is InChI=1S/C13H20BrNO3S/c1-2-4-12(10-19(15,16)17)9-18-8-11-5-3-6-13(14)7-11/h3,5-7,12H,2,4,8-10H2,1H3,(H2,15,16,17). The Labute approximate surface area is 123 Å². The van der Waals surface area contributed by atoms with Gasteiger partial charge in [-0.2, -0.15) is 0 Å². The molecule has 0 heterocycles. The van der Waals surface area contributed by atoms with E-state index < -0.39 is 10.0 Å². The number of hydrogen-bond donors (Lipinski definition) is 1. The minimum Gasteiger partial charge on any atom is -0.376 e. The Morgan fingerprint density at radius 1 is 1.42 bits per heavy atom. The number of sulfonamides is 1. The molecule has 0 aliphatic rings. The van der Waals surface area contributed by atoms with E-state index in [0.29, 0.717) is 13.2 Å².